The minimum absolute atomic E-state index is 0.106. The van der Waals surface area contributed by atoms with Gasteiger partial charge in [0.1, 0.15) is 0 Å². The van der Waals surface area contributed by atoms with Gasteiger partial charge in [-0.15, -0.1) is 0 Å². The van der Waals surface area contributed by atoms with Crippen LogP contribution >= 0.6 is 0 Å². The first kappa shape index (κ1) is 16.7. The molecule has 2 saturated carbocycles. The van der Waals surface area contributed by atoms with Crippen LogP contribution in [0.25, 0.3) is 0 Å². The third-order valence-corrected chi connectivity index (χ3v) is 7.06. The number of hydrogen-bond acceptors (Lipinski definition) is 3. The van der Waals surface area contributed by atoms with Crippen molar-refractivity contribution >= 4 is 29.1 Å². The van der Waals surface area contributed by atoms with Crippen LogP contribution in [0, 0.1) is 35.5 Å². The van der Waals surface area contributed by atoms with Crippen LogP contribution < -0.4 is 10.2 Å². The quantitative estimate of drug-likeness (QED) is 0.651. The molecule has 1 aliphatic heterocycles. The van der Waals surface area contributed by atoms with E-state index >= 15 is 0 Å². The SMILES string of the molecule is O=C(Nc1ccccc1)c1cccc(N2C(=O)[C@@H]3[C@H]4C=C[C@@H]([C@@H]5C[C@@H]45)[C@@H]3C2=O)c1. The van der Waals surface area contributed by atoms with Crippen molar-refractivity contribution < 1.29 is 14.4 Å². The van der Waals surface area contributed by atoms with Crippen LogP contribution in [0.1, 0.15) is 16.8 Å². The smallest absolute Gasteiger partial charge is 0.255 e. The number of anilines is 2. The van der Waals surface area contributed by atoms with Gasteiger partial charge in [0, 0.05) is 11.3 Å². The van der Waals surface area contributed by atoms with E-state index in [2.05, 4.69) is 17.5 Å². The van der Waals surface area contributed by atoms with Gasteiger partial charge in [-0.1, -0.05) is 36.4 Å². The minimum atomic E-state index is -0.266. The van der Waals surface area contributed by atoms with Crippen LogP contribution in [0.3, 0.4) is 0 Å². The van der Waals surface area contributed by atoms with E-state index in [-0.39, 0.29) is 41.4 Å². The Morgan fingerprint density at radius 3 is 2.17 bits per heavy atom. The maximum Gasteiger partial charge on any atom is 0.255 e. The van der Waals surface area contributed by atoms with Crippen molar-refractivity contribution in [2.24, 2.45) is 35.5 Å². The maximum atomic E-state index is 13.2. The van der Waals surface area contributed by atoms with Crippen molar-refractivity contribution in [3.63, 3.8) is 0 Å². The highest BCUT2D eigenvalue weighted by Crippen LogP contribution is 2.65. The van der Waals surface area contributed by atoms with Gasteiger partial charge >= 0.3 is 0 Å². The highest BCUT2D eigenvalue weighted by atomic mass is 16.2. The van der Waals surface area contributed by atoms with E-state index in [0.29, 0.717) is 28.8 Å². The lowest BCUT2D eigenvalue weighted by Crippen LogP contribution is -2.40. The molecule has 2 aromatic rings. The van der Waals surface area contributed by atoms with Gasteiger partial charge in [0.15, 0.2) is 0 Å². The molecule has 4 aliphatic carbocycles. The molecule has 7 rings (SSSR count). The molecule has 1 N–H and O–H groups in total. The fourth-order valence-corrected chi connectivity index (χ4v) is 5.72. The summed E-state index contributed by atoms with van der Waals surface area (Å²) in [4.78, 5) is 40.5. The van der Waals surface area contributed by atoms with Crippen LogP contribution in [0.2, 0.25) is 0 Å². The third-order valence-electron chi connectivity index (χ3n) is 7.06. The van der Waals surface area contributed by atoms with Crippen LogP contribution in [0.15, 0.2) is 66.7 Å². The summed E-state index contributed by atoms with van der Waals surface area (Å²) in [5, 5.41) is 2.85. The zero-order valence-electron chi connectivity index (χ0n) is 15.7. The summed E-state index contributed by atoms with van der Waals surface area (Å²) in [7, 11) is 0. The second kappa shape index (κ2) is 5.89. The standard InChI is InChI=1S/C24H20N2O3/c27-22(25-14-6-2-1-3-7-14)13-5-4-8-15(11-13)26-23(28)20-16-9-10-17(19-12-18(16)19)21(20)24(26)29/h1-11,16-21H,12H2,(H,25,27)/t16-,17-,18-,19-,20-,21+/m0/s1. The molecule has 5 nitrogen and oxygen atoms in total. The molecule has 2 aromatic carbocycles. The molecule has 29 heavy (non-hydrogen) atoms. The lowest BCUT2D eigenvalue weighted by molar-refractivity contribution is -0.124. The second-order valence-corrected chi connectivity index (χ2v) is 8.54. The number of carbonyl (C=O) groups excluding carboxylic acids is 3. The predicted octanol–water partition coefficient (Wildman–Crippen LogP) is 3.50. The Morgan fingerprint density at radius 1 is 0.862 bits per heavy atom. The first-order chi connectivity index (χ1) is 14.1. The van der Waals surface area contributed by atoms with Crippen molar-refractivity contribution in [1.29, 1.82) is 0 Å². The molecule has 3 amide bonds. The molecule has 0 unspecified atom stereocenters. The van der Waals surface area contributed by atoms with Crippen LogP contribution in [-0.4, -0.2) is 17.7 Å². The number of nitrogens with zero attached hydrogens (tertiary/aromatic N) is 1. The molecule has 144 valence electrons. The van der Waals surface area contributed by atoms with Gasteiger partial charge in [-0.3, -0.25) is 14.4 Å². The Bertz CT molecular complexity index is 1040. The minimum Gasteiger partial charge on any atom is -0.322 e. The number of hydrogen-bond donors (Lipinski definition) is 1. The number of allylic oxidation sites excluding steroid dienone is 2. The van der Waals surface area contributed by atoms with E-state index < -0.39 is 0 Å². The van der Waals surface area contributed by atoms with Crippen molar-refractivity contribution in [2.75, 3.05) is 10.2 Å². The molecule has 1 saturated heterocycles. The number of nitrogens with one attached hydrogen (secondary N) is 1. The molecule has 5 aliphatic rings. The van der Waals surface area contributed by atoms with Gasteiger partial charge in [-0.05, 0) is 60.4 Å². The fourth-order valence-electron chi connectivity index (χ4n) is 5.72. The Balaban J connectivity index is 1.30. The predicted molar refractivity (Wildman–Crippen MR) is 108 cm³/mol. The van der Waals surface area contributed by atoms with E-state index in [0.717, 1.165) is 6.42 Å². The van der Waals surface area contributed by atoms with Gasteiger partial charge in [-0.25, -0.2) is 4.90 Å². The summed E-state index contributed by atoms with van der Waals surface area (Å²) in [6, 6.07) is 16.0. The van der Waals surface area contributed by atoms with Crippen LogP contribution in [-0.2, 0) is 9.59 Å². The summed E-state index contributed by atoms with van der Waals surface area (Å²) in [5.41, 5.74) is 1.61. The van der Waals surface area contributed by atoms with E-state index in [1.165, 1.54) is 4.90 Å². The Hall–Kier alpha value is -3.21. The molecular formula is C24H20N2O3. The first-order valence-corrected chi connectivity index (χ1v) is 10.2. The van der Waals surface area contributed by atoms with E-state index in [1.807, 2.05) is 30.3 Å². The van der Waals surface area contributed by atoms with Gasteiger partial charge in [0.25, 0.3) is 5.91 Å². The van der Waals surface area contributed by atoms with E-state index in [9.17, 15) is 14.4 Å². The fraction of sp³-hybridized carbons (Fsp3) is 0.292. The number of para-hydroxylation sites is 1. The maximum absolute atomic E-state index is 13.2. The van der Waals surface area contributed by atoms with Gasteiger partial charge in [0.2, 0.25) is 11.8 Å². The molecule has 5 heteroatoms. The largest absolute Gasteiger partial charge is 0.322 e. The average Bonchev–Trinajstić information content (AvgIpc) is 3.52. The van der Waals surface area contributed by atoms with Crippen molar-refractivity contribution in [1.82, 2.24) is 0 Å². The number of benzene rings is 2. The van der Waals surface area contributed by atoms with Crippen molar-refractivity contribution in [3.8, 4) is 0 Å². The second-order valence-electron chi connectivity index (χ2n) is 8.54. The monoisotopic (exact) mass is 384 g/mol. The number of amides is 3. The summed E-state index contributed by atoms with van der Waals surface area (Å²) < 4.78 is 0. The summed E-state index contributed by atoms with van der Waals surface area (Å²) in [6.45, 7) is 0. The Morgan fingerprint density at radius 2 is 1.52 bits per heavy atom. The molecule has 3 fully saturated rings. The normalized spacial score (nSPS) is 33.4. The summed E-state index contributed by atoms with van der Waals surface area (Å²) in [6.07, 6.45) is 5.47. The van der Waals surface area contributed by atoms with Crippen molar-refractivity contribution in [2.45, 2.75) is 6.42 Å². The molecule has 2 bridgehead atoms. The lowest BCUT2D eigenvalue weighted by Gasteiger charge is -2.37. The Labute approximate surface area is 168 Å². The van der Waals surface area contributed by atoms with Gasteiger partial charge < -0.3 is 5.32 Å². The van der Waals surface area contributed by atoms with E-state index in [4.69, 9.17) is 0 Å². The molecule has 0 aromatic heterocycles. The zero-order chi connectivity index (χ0) is 19.7. The molecule has 0 spiro atoms. The van der Waals surface area contributed by atoms with E-state index in [1.54, 1.807) is 24.3 Å². The van der Waals surface area contributed by atoms with Gasteiger partial charge in [0.05, 0.1) is 17.5 Å². The van der Waals surface area contributed by atoms with Crippen molar-refractivity contribution in [3.05, 3.63) is 72.3 Å². The number of rotatable bonds is 3. The zero-order valence-corrected chi connectivity index (χ0v) is 15.7. The number of imide groups is 1. The summed E-state index contributed by atoms with van der Waals surface area (Å²) >= 11 is 0. The topological polar surface area (TPSA) is 66.5 Å². The highest BCUT2D eigenvalue weighted by Gasteiger charge is 2.67. The Kier molecular flexibility index (Phi) is 3.40. The third kappa shape index (κ3) is 2.36. The first-order valence-electron chi connectivity index (χ1n) is 10.2. The number of carbonyl (C=O) groups is 3. The van der Waals surface area contributed by atoms with Gasteiger partial charge in [-0.2, -0.15) is 0 Å². The molecular weight excluding hydrogens is 364 g/mol. The van der Waals surface area contributed by atoms with Crippen LogP contribution in [0.4, 0.5) is 11.4 Å². The highest BCUT2D eigenvalue weighted by molar-refractivity contribution is 6.23. The molecule has 0 radical (unpaired) electrons. The average molecular weight is 384 g/mol. The summed E-state index contributed by atoms with van der Waals surface area (Å²) in [5.74, 6) is 0.596. The molecule has 1 heterocycles. The lowest BCUT2D eigenvalue weighted by atomic mass is 9.63. The van der Waals surface area contributed by atoms with Crippen LogP contribution in [0.5, 0.6) is 0 Å². The molecule has 6 atom stereocenters.